The second kappa shape index (κ2) is 5.95. The van der Waals surface area contributed by atoms with Gasteiger partial charge in [0.05, 0.1) is 0 Å². The van der Waals surface area contributed by atoms with E-state index in [0.29, 0.717) is 12.1 Å². The Morgan fingerprint density at radius 3 is 2.75 bits per heavy atom. The molecule has 5 heteroatoms. The van der Waals surface area contributed by atoms with Crippen LogP contribution in [0.5, 0.6) is 0 Å². The number of aryl methyl sites for hydroxylation is 1. The van der Waals surface area contributed by atoms with Crippen LogP contribution in [0.3, 0.4) is 0 Å². The summed E-state index contributed by atoms with van der Waals surface area (Å²) in [6, 6.07) is -0.0593. The highest BCUT2D eigenvalue weighted by atomic mass is 16.3. The van der Waals surface area contributed by atoms with Gasteiger partial charge in [0.2, 0.25) is 0 Å². The van der Waals surface area contributed by atoms with Crippen molar-refractivity contribution in [3.05, 3.63) is 17.0 Å². The lowest BCUT2D eigenvalue weighted by atomic mass is 9.84. The van der Waals surface area contributed by atoms with Crippen LogP contribution in [-0.4, -0.2) is 33.9 Å². The number of H-pyrrole nitrogens is 1. The largest absolute Gasteiger partial charge is 0.396 e. The molecule has 1 heterocycles. The lowest BCUT2D eigenvalue weighted by Gasteiger charge is -2.31. The van der Waals surface area contributed by atoms with E-state index in [4.69, 9.17) is 5.11 Å². The number of aromatic amines is 1. The van der Waals surface area contributed by atoms with E-state index in [0.717, 1.165) is 36.9 Å². The summed E-state index contributed by atoms with van der Waals surface area (Å²) in [6.45, 7) is 6.26. The zero-order valence-corrected chi connectivity index (χ0v) is 12.6. The number of rotatable bonds is 4. The van der Waals surface area contributed by atoms with E-state index < -0.39 is 0 Å². The molecule has 0 saturated heterocycles. The molecule has 0 saturated carbocycles. The molecule has 5 nitrogen and oxygen atoms in total. The van der Waals surface area contributed by atoms with E-state index in [9.17, 15) is 4.79 Å². The Kier molecular flexibility index (Phi) is 4.48. The van der Waals surface area contributed by atoms with Gasteiger partial charge in [-0.2, -0.15) is 5.10 Å². The monoisotopic (exact) mass is 279 g/mol. The van der Waals surface area contributed by atoms with E-state index >= 15 is 0 Å². The lowest BCUT2D eigenvalue weighted by Crippen LogP contribution is -2.44. The molecule has 1 aromatic heterocycles. The Balaban J connectivity index is 2.13. The number of aliphatic hydroxyl groups excluding tert-OH is 1. The summed E-state index contributed by atoms with van der Waals surface area (Å²) in [7, 11) is 0. The highest BCUT2D eigenvalue weighted by Crippen LogP contribution is 2.24. The first-order chi connectivity index (χ1) is 9.43. The van der Waals surface area contributed by atoms with Crippen LogP contribution >= 0.6 is 0 Å². The van der Waals surface area contributed by atoms with E-state index in [-0.39, 0.29) is 24.0 Å². The molecule has 0 aromatic carbocycles. The maximum atomic E-state index is 12.4. The van der Waals surface area contributed by atoms with Gasteiger partial charge in [0.1, 0.15) is 0 Å². The van der Waals surface area contributed by atoms with Crippen LogP contribution in [-0.2, 0) is 12.8 Å². The Morgan fingerprint density at radius 1 is 1.40 bits per heavy atom. The third-order valence-electron chi connectivity index (χ3n) is 4.04. The fourth-order valence-corrected chi connectivity index (χ4v) is 2.75. The van der Waals surface area contributed by atoms with Gasteiger partial charge in [-0.1, -0.05) is 20.8 Å². The van der Waals surface area contributed by atoms with E-state index in [2.05, 4.69) is 36.3 Å². The van der Waals surface area contributed by atoms with E-state index in [1.54, 1.807) is 0 Å². The van der Waals surface area contributed by atoms with Gasteiger partial charge in [-0.15, -0.1) is 0 Å². The van der Waals surface area contributed by atoms with Gasteiger partial charge in [-0.3, -0.25) is 9.89 Å². The van der Waals surface area contributed by atoms with Crippen molar-refractivity contribution in [2.24, 2.45) is 5.41 Å². The zero-order valence-electron chi connectivity index (χ0n) is 12.6. The summed E-state index contributed by atoms with van der Waals surface area (Å²) < 4.78 is 0. The van der Waals surface area contributed by atoms with Gasteiger partial charge >= 0.3 is 0 Å². The van der Waals surface area contributed by atoms with Crippen LogP contribution in [0.15, 0.2) is 0 Å². The maximum absolute atomic E-state index is 12.4. The smallest absolute Gasteiger partial charge is 0.272 e. The van der Waals surface area contributed by atoms with E-state index in [1.165, 1.54) is 0 Å². The highest BCUT2D eigenvalue weighted by molar-refractivity contribution is 5.94. The topological polar surface area (TPSA) is 78.0 Å². The quantitative estimate of drug-likeness (QED) is 0.786. The fourth-order valence-electron chi connectivity index (χ4n) is 2.75. The predicted octanol–water partition coefficient (Wildman–Crippen LogP) is 1.82. The number of carbonyl (C=O) groups is 1. The van der Waals surface area contributed by atoms with E-state index in [1.807, 2.05) is 0 Å². The molecule has 1 unspecified atom stereocenters. The maximum Gasteiger partial charge on any atom is 0.272 e. The Labute approximate surface area is 120 Å². The summed E-state index contributed by atoms with van der Waals surface area (Å²) in [6.07, 6.45) is 4.74. The molecule has 1 atom stereocenters. The number of nitrogens with zero attached hydrogens (tertiary/aromatic N) is 1. The van der Waals surface area contributed by atoms with Crippen molar-refractivity contribution >= 4 is 5.91 Å². The standard InChI is InChI=1S/C15H25N3O2/c1-15(2,3)12(8-9-19)16-14(20)13-10-6-4-5-7-11(10)17-18-13/h12,19H,4-9H2,1-3H3,(H,16,20)(H,17,18). The third-order valence-corrected chi connectivity index (χ3v) is 4.04. The molecule has 112 valence electrons. The van der Waals surface area contributed by atoms with Gasteiger partial charge in [0.15, 0.2) is 5.69 Å². The van der Waals surface area contributed by atoms with Crippen LogP contribution in [0.1, 0.15) is 61.8 Å². The average molecular weight is 279 g/mol. The van der Waals surface area contributed by atoms with Crippen molar-refractivity contribution in [2.45, 2.75) is 58.9 Å². The number of hydrogen-bond donors (Lipinski definition) is 3. The van der Waals surface area contributed by atoms with Gasteiger partial charge in [-0.25, -0.2) is 0 Å². The SMILES string of the molecule is CC(C)(C)C(CCO)NC(=O)c1n[nH]c2c1CCCC2. The lowest BCUT2D eigenvalue weighted by molar-refractivity contribution is 0.0879. The number of hydrogen-bond acceptors (Lipinski definition) is 3. The molecule has 1 aromatic rings. The number of aromatic nitrogens is 2. The molecule has 0 aliphatic heterocycles. The van der Waals surface area contributed by atoms with Crippen molar-refractivity contribution in [2.75, 3.05) is 6.61 Å². The Morgan fingerprint density at radius 2 is 2.10 bits per heavy atom. The highest BCUT2D eigenvalue weighted by Gasteiger charge is 2.28. The molecule has 20 heavy (non-hydrogen) atoms. The summed E-state index contributed by atoms with van der Waals surface area (Å²) >= 11 is 0. The van der Waals surface area contributed by atoms with Crippen molar-refractivity contribution in [3.63, 3.8) is 0 Å². The van der Waals surface area contributed by atoms with Gasteiger partial charge in [0, 0.05) is 23.9 Å². The Hall–Kier alpha value is -1.36. The summed E-state index contributed by atoms with van der Waals surface area (Å²) in [5, 5.41) is 19.4. The molecule has 1 aliphatic carbocycles. The zero-order chi connectivity index (χ0) is 14.8. The van der Waals surface area contributed by atoms with Gasteiger partial charge < -0.3 is 10.4 Å². The number of amides is 1. The summed E-state index contributed by atoms with van der Waals surface area (Å²) in [5.41, 5.74) is 2.63. The van der Waals surface area contributed by atoms with Gasteiger partial charge in [0.25, 0.3) is 5.91 Å². The van der Waals surface area contributed by atoms with Crippen LogP contribution in [0.2, 0.25) is 0 Å². The van der Waals surface area contributed by atoms with Gasteiger partial charge in [-0.05, 0) is 37.5 Å². The minimum Gasteiger partial charge on any atom is -0.396 e. The molecular weight excluding hydrogens is 254 g/mol. The normalized spacial score (nSPS) is 16.6. The number of carbonyl (C=O) groups excluding carboxylic acids is 1. The molecule has 1 aliphatic rings. The second-order valence-electron chi connectivity index (χ2n) is 6.64. The fraction of sp³-hybridized carbons (Fsp3) is 0.733. The minimum atomic E-state index is -0.127. The molecule has 0 spiro atoms. The van der Waals surface area contributed by atoms with Crippen LogP contribution in [0, 0.1) is 5.41 Å². The van der Waals surface area contributed by atoms with Crippen LogP contribution in [0.25, 0.3) is 0 Å². The number of fused-ring (bicyclic) bond motifs is 1. The van der Waals surface area contributed by atoms with Crippen molar-refractivity contribution < 1.29 is 9.90 Å². The first-order valence-corrected chi connectivity index (χ1v) is 7.41. The second-order valence-corrected chi connectivity index (χ2v) is 6.64. The molecule has 2 rings (SSSR count). The molecular formula is C15H25N3O2. The molecule has 0 bridgehead atoms. The van der Waals surface area contributed by atoms with Crippen molar-refractivity contribution in [1.82, 2.24) is 15.5 Å². The summed E-state index contributed by atoms with van der Waals surface area (Å²) in [4.78, 5) is 12.4. The third kappa shape index (κ3) is 3.20. The van der Waals surface area contributed by atoms with Crippen LogP contribution in [0.4, 0.5) is 0 Å². The van der Waals surface area contributed by atoms with Crippen molar-refractivity contribution in [3.8, 4) is 0 Å². The average Bonchev–Trinajstić information content (AvgIpc) is 2.81. The van der Waals surface area contributed by atoms with Crippen LogP contribution < -0.4 is 5.32 Å². The first-order valence-electron chi connectivity index (χ1n) is 7.41. The first kappa shape index (κ1) is 15.0. The molecule has 0 fully saturated rings. The summed E-state index contributed by atoms with van der Waals surface area (Å²) in [5.74, 6) is -0.127. The predicted molar refractivity (Wildman–Crippen MR) is 77.6 cm³/mol. The Bertz CT molecular complexity index is 474. The minimum absolute atomic E-state index is 0.0593. The number of aliphatic hydroxyl groups is 1. The van der Waals surface area contributed by atoms with Crippen molar-refractivity contribution in [1.29, 1.82) is 0 Å². The molecule has 3 N–H and O–H groups in total. The molecule has 0 radical (unpaired) electrons. The molecule has 1 amide bonds. The number of nitrogens with one attached hydrogen (secondary N) is 2.